The van der Waals surface area contributed by atoms with E-state index >= 15 is 0 Å². The van der Waals surface area contributed by atoms with Gasteiger partial charge < -0.3 is 5.32 Å². The van der Waals surface area contributed by atoms with Crippen LogP contribution in [0.15, 0.2) is 53.4 Å². The largest absolute Gasteiger partial charge is 0.326 e. The van der Waals surface area contributed by atoms with Crippen molar-refractivity contribution >= 4 is 21.4 Å². The molecule has 0 heterocycles. The third kappa shape index (κ3) is 5.42. The average Bonchev–Trinajstić information content (AvgIpc) is 2.63. The number of carbonyl (C=O) groups excluding carboxylic acids is 1. The maximum Gasteiger partial charge on any atom is 0.224 e. The van der Waals surface area contributed by atoms with Gasteiger partial charge in [0.1, 0.15) is 0 Å². The Morgan fingerprint density at radius 2 is 1.56 bits per heavy atom. The lowest BCUT2D eigenvalue weighted by Crippen LogP contribution is -2.20. The number of nitrogens with one attached hydrogen (secondary N) is 1. The van der Waals surface area contributed by atoms with Crippen LogP contribution in [0.3, 0.4) is 0 Å². The number of sulfone groups is 1. The van der Waals surface area contributed by atoms with E-state index in [4.69, 9.17) is 0 Å². The van der Waals surface area contributed by atoms with E-state index in [1.807, 2.05) is 0 Å². The van der Waals surface area contributed by atoms with E-state index in [1.165, 1.54) is 29.5 Å². The van der Waals surface area contributed by atoms with E-state index in [0.29, 0.717) is 23.9 Å². The molecule has 1 aliphatic carbocycles. The molecule has 0 unspecified atom stereocenters. The fourth-order valence-corrected chi connectivity index (χ4v) is 4.43. The third-order valence-corrected chi connectivity index (χ3v) is 6.56. The summed E-state index contributed by atoms with van der Waals surface area (Å²) >= 11 is 0. The molecule has 1 saturated carbocycles. The Bertz CT molecular complexity index is 878. The summed E-state index contributed by atoms with van der Waals surface area (Å²) < 4.78 is 23.0. The van der Waals surface area contributed by atoms with Crippen molar-refractivity contribution in [2.24, 2.45) is 5.92 Å². The zero-order chi connectivity index (χ0) is 19.4. The topological polar surface area (TPSA) is 63.2 Å². The second-order valence-electron chi connectivity index (χ2n) is 7.68. The van der Waals surface area contributed by atoms with Crippen molar-refractivity contribution < 1.29 is 13.2 Å². The highest BCUT2D eigenvalue weighted by Crippen LogP contribution is 2.37. The molecular formula is C22H27NO3S. The van der Waals surface area contributed by atoms with E-state index in [-0.39, 0.29) is 10.8 Å². The number of anilines is 1. The van der Waals surface area contributed by atoms with Crippen molar-refractivity contribution in [2.75, 3.05) is 11.6 Å². The monoisotopic (exact) mass is 385 g/mol. The summed E-state index contributed by atoms with van der Waals surface area (Å²) in [5, 5.41) is 2.88. The van der Waals surface area contributed by atoms with E-state index in [0.717, 1.165) is 25.7 Å². The van der Waals surface area contributed by atoms with Gasteiger partial charge in [-0.05, 0) is 74.3 Å². The first kappa shape index (κ1) is 19.6. The predicted molar refractivity (Wildman–Crippen MR) is 109 cm³/mol. The molecule has 1 aliphatic rings. The first-order valence-corrected chi connectivity index (χ1v) is 11.4. The van der Waals surface area contributed by atoms with Crippen LogP contribution >= 0.6 is 0 Å². The van der Waals surface area contributed by atoms with Crippen molar-refractivity contribution in [3.63, 3.8) is 0 Å². The first-order valence-electron chi connectivity index (χ1n) is 9.48. The number of hydrogen-bond donors (Lipinski definition) is 1. The van der Waals surface area contributed by atoms with E-state index in [9.17, 15) is 13.2 Å². The van der Waals surface area contributed by atoms with Crippen molar-refractivity contribution in [3.8, 4) is 0 Å². The lowest BCUT2D eigenvalue weighted by molar-refractivity contribution is -0.117. The van der Waals surface area contributed by atoms with Gasteiger partial charge >= 0.3 is 0 Å². The highest BCUT2D eigenvalue weighted by Gasteiger charge is 2.24. The fraction of sp³-hybridized carbons (Fsp3) is 0.409. The van der Waals surface area contributed by atoms with Crippen LogP contribution < -0.4 is 5.32 Å². The van der Waals surface area contributed by atoms with E-state index in [2.05, 4.69) is 36.5 Å². The summed E-state index contributed by atoms with van der Waals surface area (Å²) in [5.41, 5.74) is 3.34. The molecule has 0 bridgehead atoms. The van der Waals surface area contributed by atoms with Gasteiger partial charge in [0.05, 0.1) is 4.90 Å². The van der Waals surface area contributed by atoms with Crippen molar-refractivity contribution in [2.45, 2.75) is 49.8 Å². The molecule has 1 fully saturated rings. The summed E-state index contributed by atoms with van der Waals surface area (Å²) in [6, 6.07) is 15.1. The highest BCUT2D eigenvalue weighted by molar-refractivity contribution is 7.90. The summed E-state index contributed by atoms with van der Waals surface area (Å²) in [6.45, 7) is 2.11. The van der Waals surface area contributed by atoms with Crippen LogP contribution in [0.4, 0.5) is 5.69 Å². The number of rotatable bonds is 5. The molecule has 0 aliphatic heterocycles. The van der Waals surface area contributed by atoms with Crippen LogP contribution in [-0.4, -0.2) is 20.6 Å². The Balaban J connectivity index is 1.48. The minimum atomic E-state index is -3.21. The van der Waals surface area contributed by atoms with Crippen molar-refractivity contribution in [1.82, 2.24) is 0 Å². The molecule has 1 amide bonds. The Kier molecular flexibility index (Phi) is 6.00. The molecule has 0 radical (unpaired) electrons. The molecule has 27 heavy (non-hydrogen) atoms. The molecule has 4 nitrogen and oxygen atoms in total. The molecule has 0 spiro atoms. The molecule has 144 valence electrons. The Morgan fingerprint density at radius 1 is 0.963 bits per heavy atom. The summed E-state index contributed by atoms with van der Waals surface area (Å²) in [7, 11) is -3.21. The maximum atomic E-state index is 12.3. The predicted octanol–water partition coefficient (Wildman–Crippen LogP) is 4.70. The molecule has 3 rings (SSSR count). The SMILES string of the molecule is Cc1ccc(C2CCC(CC(=O)Nc3ccc(S(C)(=O)=O)cc3)CC2)cc1. The molecule has 0 atom stereocenters. The molecule has 5 heteroatoms. The van der Waals surface area contributed by atoms with Gasteiger partial charge in [0.25, 0.3) is 0 Å². The van der Waals surface area contributed by atoms with Gasteiger partial charge in [-0.3, -0.25) is 4.79 Å². The lowest BCUT2D eigenvalue weighted by Gasteiger charge is -2.28. The minimum Gasteiger partial charge on any atom is -0.326 e. The van der Waals surface area contributed by atoms with E-state index in [1.54, 1.807) is 12.1 Å². The maximum absolute atomic E-state index is 12.3. The molecule has 1 N–H and O–H groups in total. The van der Waals surface area contributed by atoms with Gasteiger partial charge in [0.15, 0.2) is 9.84 Å². The normalized spacial score (nSPS) is 20.2. The molecule has 0 aromatic heterocycles. The standard InChI is InChI=1S/C22H27NO3S/c1-16-3-7-18(8-4-16)19-9-5-17(6-10-19)15-22(24)23-20-11-13-21(14-12-20)27(2,25)26/h3-4,7-8,11-14,17,19H,5-6,9-10,15H2,1-2H3,(H,23,24). The van der Waals surface area contributed by atoms with Gasteiger partial charge in [-0.1, -0.05) is 29.8 Å². The lowest BCUT2D eigenvalue weighted by atomic mass is 9.77. The number of benzene rings is 2. The number of carbonyl (C=O) groups is 1. The Labute approximate surface area is 161 Å². The van der Waals surface area contributed by atoms with Crippen LogP contribution in [0.25, 0.3) is 0 Å². The quantitative estimate of drug-likeness (QED) is 0.811. The Morgan fingerprint density at radius 3 is 2.11 bits per heavy atom. The number of aryl methyl sites for hydroxylation is 1. The van der Waals surface area contributed by atoms with Crippen LogP contribution in [0.5, 0.6) is 0 Å². The van der Waals surface area contributed by atoms with Crippen LogP contribution in [0.1, 0.15) is 49.1 Å². The molecular weight excluding hydrogens is 358 g/mol. The second-order valence-corrected chi connectivity index (χ2v) is 9.69. The molecule has 2 aromatic carbocycles. The minimum absolute atomic E-state index is 0.000825. The van der Waals surface area contributed by atoms with Crippen molar-refractivity contribution in [3.05, 3.63) is 59.7 Å². The van der Waals surface area contributed by atoms with Gasteiger partial charge in [-0.15, -0.1) is 0 Å². The summed E-state index contributed by atoms with van der Waals surface area (Å²) in [4.78, 5) is 12.6. The number of amides is 1. The summed E-state index contributed by atoms with van der Waals surface area (Å²) in [5.74, 6) is 1.02. The fourth-order valence-electron chi connectivity index (χ4n) is 3.80. The van der Waals surface area contributed by atoms with E-state index < -0.39 is 9.84 Å². The first-order chi connectivity index (χ1) is 12.8. The highest BCUT2D eigenvalue weighted by atomic mass is 32.2. The Hall–Kier alpha value is -2.14. The van der Waals surface area contributed by atoms with Gasteiger partial charge in [0, 0.05) is 18.4 Å². The zero-order valence-corrected chi connectivity index (χ0v) is 16.8. The average molecular weight is 386 g/mol. The smallest absolute Gasteiger partial charge is 0.224 e. The summed E-state index contributed by atoms with van der Waals surface area (Å²) in [6.07, 6.45) is 6.09. The van der Waals surface area contributed by atoms with Crippen LogP contribution in [-0.2, 0) is 14.6 Å². The van der Waals surface area contributed by atoms with Crippen LogP contribution in [0, 0.1) is 12.8 Å². The zero-order valence-electron chi connectivity index (χ0n) is 15.9. The number of hydrogen-bond acceptors (Lipinski definition) is 3. The molecule has 0 saturated heterocycles. The van der Waals surface area contributed by atoms with Gasteiger partial charge in [-0.2, -0.15) is 0 Å². The second kappa shape index (κ2) is 8.26. The van der Waals surface area contributed by atoms with Crippen molar-refractivity contribution in [1.29, 1.82) is 0 Å². The van der Waals surface area contributed by atoms with Gasteiger partial charge in [0.2, 0.25) is 5.91 Å². The van der Waals surface area contributed by atoms with Crippen LogP contribution in [0.2, 0.25) is 0 Å². The van der Waals surface area contributed by atoms with Gasteiger partial charge in [-0.25, -0.2) is 8.42 Å². The third-order valence-electron chi connectivity index (χ3n) is 5.44. The molecule has 2 aromatic rings.